The maximum absolute atomic E-state index is 13.1. The minimum absolute atomic E-state index is 0.0570. The first kappa shape index (κ1) is 25.2. The van der Waals surface area contributed by atoms with Crippen molar-refractivity contribution >= 4 is 29.2 Å². The van der Waals surface area contributed by atoms with Crippen molar-refractivity contribution in [2.45, 2.75) is 52.4 Å². The standard InChI is InChI=1S/C25H31Cl2NO3/c1-16(2)25(23(29)30-7,17(3)15-21(26)27)20-9-8-10-22(28-20)31-19-13-11-18(12-14-19)24(4,5)6/h8-17H,1-7H3. The van der Waals surface area contributed by atoms with Gasteiger partial charge in [-0.05, 0) is 47.1 Å². The van der Waals surface area contributed by atoms with Crippen LogP contribution in [0.25, 0.3) is 0 Å². The summed E-state index contributed by atoms with van der Waals surface area (Å²) in [5.74, 6) is 0.150. The topological polar surface area (TPSA) is 48.4 Å². The third-order valence-corrected chi connectivity index (χ3v) is 5.87. The molecule has 2 aromatic rings. The van der Waals surface area contributed by atoms with Crippen LogP contribution in [0.3, 0.4) is 0 Å². The monoisotopic (exact) mass is 463 g/mol. The van der Waals surface area contributed by atoms with Crippen molar-refractivity contribution in [3.8, 4) is 11.6 Å². The lowest BCUT2D eigenvalue weighted by Gasteiger charge is -2.38. The number of carbonyl (C=O) groups excluding carboxylic acids is 1. The molecule has 0 amide bonds. The molecule has 0 aliphatic carbocycles. The van der Waals surface area contributed by atoms with Gasteiger partial charge in [-0.15, -0.1) is 0 Å². The first-order valence-electron chi connectivity index (χ1n) is 10.3. The predicted octanol–water partition coefficient (Wildman–Crippen LogP) is 7.19. The molecule has 0 saturated heterocycles. The highest BCUT2D eigenvalue weighted by atomic mass is 35.5. The van der Waals surface area contributed by atoms with E-state index >= 15 is 0 Å². The van der Waals surface area contributed by atoms with E-state index in [4.69, 9.17) is 37.7 Å². The van der Waals surface area contributed by atoms with Gasteiger partial charge in [0.15, 0.2) is 0 Å². The molecule has 6 heteroatoms. The average molecular weight is 464 g/mol. The van der Waals surface area contributed by atoms with Gasteiger partial charge in [0.2, 0.25) is 5.88 Å². The number of hydrogen-bond donors (Lipinski definition) is 0. The third-order valence-electron chi connectivity index (χ3n) is 5.62. The highest BCUT2D eigenvalue weighted by Gasteiger charge is 2.49. The van der Waals surface area contributed by atoms with E-state index in [-0.39, 0.29) is 21.7 Å². The molecule has 0 spiro atoms. The summed E-state index contributed by atoms with van der Waals surface area (Å²) in [6.45, 7) is 12.3. The molecule has 2 unspecified atom stereocenters. The molecule has 1 heterocycles. The molecule has 0 radical (unpaired) electrons. The Bertz CT molecular complexity index is 929. The van der Waals surface area contributed by atoms with Gasteiger partial charge < -0.3 is 9.47 Å². The molecule has 1 aromatic heterocycles. The van der Waals surface area contributed by atoms with Crippen LogP contribution in [0.5, 0.6) is 11.6 Å². The molecular weight excluding hydrogens is 433 g/mol. The number of rotatable bonds is 7. The fourth-order valence-electron chi connectivity index (χ4n) is 3.92. The van der Waals surface area contributed by atoms with E-state index in [1.807, 2.05) is 51.1 Å². The molecule has 31 heavy (non-hydrogen) atoms. The van der Waals surface area contributed by atoms with E-state index in [1.54, 1.807) is 18.2 Å². The zero-order chi connectivity index (χ0) is 23.4. The van der Waals surface area contributed by atoms with E-state index in [2.05, 4.69) is 20.8 Å². The molecule has 168 valence electrons. The summed E-state index contributed by atoms with van der Waals surface area (Å²) in [6.07, 6.45) is 1.64. The predicted molar refractivity (Wildman–Crippen MR) is 127 cm³/mol. The van der Waals surface area contributed by atoms with Crippen LogP contribution in [0, 0.1) is 11.8 Å². The maximum Gasteiger partial charge on any atom is 0.318 e. The molecule has 0 fully saturated rings. The summed E-state index contributed by atoms with van der Waals surface area (Å²) in [7, 11) is 1.37. The summed E-state index contributed by atoms with van der Waals surface area (Å²) < 4.78 is 11.3. The van der Waals surface area contributed by atoms with Crippen molar-refractivity contribution in [2.24, 2.45) is 11.8 Å². The summed E-state index contributed by atoms with van der Waals surface area (Å²) >= 11 is 11.9. The fourth-order valence-corrected chi connectivity index (χ4v) is 4.29. The van der Waals surface area contributed by atoms with Crippen molar-refractivity contribution in [1.82, 2.24) is 4.98 Å². The number of methoxy groups -OCH3 is 1. The zero-order valence-corrected chi connectivity index (χ0v) is 20.7. The number of benzene rings is 1. The lowest BCUT2D eigenvalue weighted by molar-refractivity contribution is -0.151. The van der Waals surface area contributed by atoms with Crippen molar-refractivity contribution in [2.75, 3.05) is 7.11 Å². The van der Waals surface area contributed by atoms with Gasteiger partial charge in [0.25, 0.3) is 0 Å². The normalized spacial score (nSPS) is 14.5. The van der Waals surface area contributed by atoms with E-state index in [9.17, 15) is 4.79 Å². The number of hydrogen-bond acceptors (Lipinski definition) is 4. The van der Waals surface area contributed by atoms with Crippen molar-refractivity contribution < 1.29 is 14.3 Å². The number of pyridine rings is 1. The number of aromatic nitrogens is 1. The minimum Gasteiger partial charge on any atom is -0.468 e. The zero-order valence-electron chi connectivity index (χ0n) is 19.2. The lowest BCUT2D eigenvalue weighted by atomic mass is 9.65. The Balaban J connectivity index is 2.50. The minimum atomic E-state index is -1.08. The molecule has 4 nitrogen and oxygen atoms in total. The van der Waals surface area contributed by atoms with Crippen molar-refractivity contribution in [1.29, 1.82) is 0 Å². The first-order chi connectivity index (χ1) is 14.4. The van der Waals surface area contributed by atoms with Gasteiger partial charge in [-0.1, -0.05) is 82.9 Å². The molecule has 0 bridgehead atoms. The van der Waals surface area contributed by atoms with Crippen molar-refractivity contribution in [3.05, 3.63) is 64.3 Å². The Morgan fingerprint density at radius 3 is 2.13 bits per heavy atom. The molecule has 1 aromatic carbocycles. The van der Waals surface area contributed by atoms with Crippen molar-refractivity contribution in [3.63, 3.8) is 0 Å². The highest BCUT2D eigenvalue weighted by molar-refractivity contribution is 6.55. The van der Waals surface area contributed by atoms with E-state index in [1.165, 1.54) is 12.7 Å². The SMILES string of the molecule is COC(=O)C(c1cccc(Oc2ccc(C(C)(C)C)cc2)n1)(C(C)C)C(C)C=C(Cl)Cl. The number of halogens is 2. The number of ether oxygens (including phenoxy) is 2. The Labute approximate surface area is 195 Å². The van der Waals surface area contributed by atoms with E-state index in [0.29, 0.717) is 17.3 Å². The van der Waals surface area contributed by atoms with Crippen LogP contribution in [0.2, 0.25) is 0 Å². The molecular formula is C25H31Cl2NO3. The Morgan fingerprint density at radius 2 is 1.65 bits per heavy atom. The number of nitrogens with zero attached hydrogens (tertiary/aromatic N) is 1. The Hall–Kier alpha value is -2.04. The second kappa shape index (κ2) is 10.1. The van der Waals surface area contributed by atoms with Crippen LogP contribution in [-0.4, -0.2) is 18.1 Å². The van der Waals surface area contributed by atoms with Crippen LogP contribution in [0.4, 0.5) is 0 Å². The highest BCUT2D eigenvalue weighted by Crippen LogP contribution is 2.42. The molecule has 0 saturated carbocycles. The van der Waals surface area contributed by atoms with Gasteiger partial charge in [0, 0.05) is 6.07 Å². The number of esters is 1. The number of allylic oxidation sites excluding steroid dienone is 1. The van der Waals surface area contributed by atoms with Gasteiger partial charge in [-0.2, -0.15) is 0 Å². The molecule has 2 atom stereocenters. The van der Waals surface area contributed by atoms with Crippen LogP contribution < -0.4 is 4.74 Å². The third kappa shape index (κ3) is 5.61. The van der Waals surface area contributed by atoms with Crippen LogP contribution in [0.15, 0.2) is 53.0 Å². The van der Waals surface area contributed by atoms with Gasteiger partial charge in [-0.3, -0.25) is 4.79 Å². The first-order valence-corrected chi connectivity index (χ1v) is 11.1. The Morgan fingerprint density at radius 1 is 1.03 bits per heavy atom. The second-order valence-electron chi connectivity index (χ2n) is 9.00. The Kier molecular flexibility index (Phi) is 8.18. The van der Waals surface area contributed by atoms with E-state index in [0.717, 1.165) is 0 Å². The summed E-state index contributed by atoms with van der Waals surface area (Å²) in [5.41, 5.74) is 0.724. The lowest BCUT2D eigenvalue weighted by Crippen LogP contribution is -2.47. The van der Waals surface area contributed by atoms with E-state index < -0.39 is 11.4 Å². The molecule has 0 N–H and O–H groups in total. The van der Waals surface area contributed by atoms with Crippen LogP contribution >= 0.6 is 23.2 Å². The van der Waals surface area contributed by atoms with Crippen LogP contribution in [-0.2, 0) is 20.4 Å². The molecule has 2 rings (SSSR count). The quantitative estimate of drug-likeness (QED) is 0.407. The average Bonchev–Trinajstić information content (AvgIpc) is 2.67. The van der Waals surface area contributed by atoms with Gasteiger partial charge in [0.1, 0.15) is 15.7 Å². The van der Waals surface area contributed by atoms with Crippen LogP contribution in [0.1, 0.15) is 52.8 Å². The summed E-state index contributed by atoms with van der Waals surface area (Å²) in [5, 5.41) is 0. The largest absolute Gasteiger partial charge is 0.468 e. The van der Waals surface area contributed by atoms with Gasteiger partial charge >= 0.3 is 5.97 Å². The van der Waals surface area contributed by atoms with Gasteiger partial charge in [-0.25, -0.2) is 4.98 Å². The summed E-state index contributed by atoms with van der Waals surface area (Å²) in [6, 6.07) is 13.3. The maximum atomic E-state index is 13.1. The number of carbonyl (C=O) groups is 1. The second-order valence-corrected chi connectivity index (χ2v) is 10.0. The smallest absolute Gasteiger partial charge is 0.318 e. The molecule has 0 aliphatic heterocycles. The molecule has 0 aliphatic rings. The summed E-state index contributed by atoms with van der Waals surface area (Å²) in [4.78, 5) is 17.8. The van der Waals surface area contributed by atoms with Gasteiger partial charge in [0.05, 0.1) is 12.8 Å². The fraction of sp³-hybridized carbons (Fsp3) is 0.440.